The minimum Gasteiger partial charge on any atom is -0.496 e. The number of carbonyl (C=O) groups excluding carboxylic acids is 1. The zero-order chi connectivity index (χ0) is 21.7. The highest BCUT2D eigenvalue weighted by molar-refractivity contribution is 6.10. The van der Waals surface area contributed by atoms with Crippen molar-refractivity contribution in [2.24, 2.45) is 0 Å². The van der Waals surface area contributed by atoms with Crippen molar-refractivity contribution in [2.75, 3.05) is 33.8 Å². The van der Waals surface area contributed by atoms with Gasteiger partial charge in [0.2, 0.25) is 0 Å². The maximum absolute atomic E-state index is 13.2. The average molecular weight is 411 g/mol. The van der Waals surface area contributed by atoms with E-state index in [1.165, 1.54) is 14.2 Å². The second kappa shape index (κ2) is 9.21. The zero-order valence-electron chi connectivity index (χ0n) is 17.7. The van der Waals surface area contributed by atoms with Crippen molar-refractivity contribution in [3.8, 4) is 34.3 Å². The highest BCUT2D eigenvalue weighted by Crippen LogP contribution is 2.37. The number of aromatic amines is 1. The van der Waals surface area contributed by atoms with Crippen molar-refractivity contribution in [1.82, 2.24) is 10.2 Å². The quantitative estimate of drug-likeness (QED) is 0.583. The normalized spacial score (nSPS) is 10.4. The number of amides is 1. The molecule has 0 aliphatic rings. The molecule has 1 heterocycles. The number of aryl methyl sites for hydroxylation is 1. The molecule has 0 unspecified atom stereocenters. The third kappa shape index (κ3) is 3.89. The Labute approximate surface area is 175 Å². The summed E-state index contributed by atoms with van der Waals surface area (Å²) in [7, 11) is 6.17. The molecule has 158 valence electrons. The number of rotatable bonds is 8. The van der Waals surface area contributed by atoms with Crippen LogP contribution in [0.4, 0.5) is 5.69 Å². The lowest BCUT2D eigenvalue weighted by molar-refractivity contribution is 0.102. The number of ether oxygens (including phenoxy) is 4. The maximum atomic E-state index is 13.2. The number of carbonyl (C=O) groups is 1. The predicted molar refractivity (Wildman–Crippen MR) is 114 cm³/mol. The van der Waals surface area contributed by atoms with Gasteiger partial charge in [0.1, 0.15) is 22.8 Å². The molecule has 0 bridgehead atoms. The smallest absolute Gasteiger partial charge is 0.263 e. The Hall–Kier alpha value is -3.68. The maximum Gasteiger partial charge on any atom is 0.263 e. The minimum absolute atomic E-state index is 0.309. The van der Waals surface area contributed by atoms with Gasteiger partial charge in [0.15, 0.2) is 11.5 Å². The first-order chi connectivity index (χ1) is 14.6. The summed E-state index contributed by atoms with van der Waals surface area (Å²) < 4.78 is 21.4. The Kier molecular flexibility index (Phi) is 6.46. The van der Waals surface area contributed by atoms with Crippen molar-refractivity contribution in [2.45, 2.75) is 13.3 Å². The van der Waals surface area contributed by atoms with Crippen LogP contribution in [-0.4, -0.2) is 44.5 Å². The van der Waals surface area contributed by atoms with Crippen molar-refractivity contribution in [3.05, 3.63) is 47.7 Å². The summed E-state index contributed by atoms with van der Waals surface area (Å²) in [6.45, 7) is 1.98. The summed E-state index contributed by atoms with van der Waals surface area (Å²) in [5.74, 6) is 1.65. The molecule has 30 heavy (non-hydrogen) atoms. The monoisotopic (exact) mass is 411 g/mol. The summed E-state index contributed by atoms with van der Waals surface area (Å²) in [5.41, 5.74) is 3.05. The van der Waals surface area contributed by atoms with Gasteiger partial charge in [-0.05, 0) is 36.8 Å². The average Bonchev–Trinajstić information content (AvgIpc) is 3.20. The fourth-order valence-electron chi connectivity index (χ4n) is 3.21. The van der Waals surface area contributed by atoms with Crippen LogP contribution in [0.5, 0.6) is 23.0 Å². The van der Waals surface area contributed by atoms with E-state index in [1.54, 1.807) is 38.5 Å². The fourth-order valence-corrected chi connectivity index (χ4v) is 3.21. The van der Waals surface area contributed by atoms with Gasteiger partial charge in [0.25, 0.3) is 5.91 Å². The number of hydrogen-bond donors (Lipinski definition) is 2. The molecule has 3 aromatic rings. The van der Waals surface area contributed by atoms with Gasteiger partial charge in [-0.15, -0.1) is 0 Å². The summed E-state index contributed by atoms with van der Waals surface area (Å²) in [4.78, 5) is 13.2. The van der Waals surface area contributed by atoms with Gasteiger partial charge in [0, 0.05) is 5.56 Å². The van der Waals surface area contributed by atoms with Crippen molar-refractivity contribution >= 4 is 11.6 Å². The van der Waals surface area contributed by atoms with Gasteiger partial charge >= 0.3 is 0 Å². The molecule has 2 N–H and O–H groups in total. The van der Waals surface area contributed by atoms with Crippen LogP contribution >= 0.6 is 0 Å². The number of hydrogen-bond acceptors (Lipinski definition) is 6. The van der Waals surface area contributed by atoms with Gasteiger partial charge in [-0.1, -0.05) is 13.0 Å². The molecular formula is C22H25N3O5. The molecule has 8 heteroatoms. The molecule has 0 fully saturated rings. The van der Waals surface area contributed by atoms with E-state index in [1.807, 2.05) is 19.1 Å². The van der Waals surface area contributed by atoms with Crippen LogP contribution < -0.4 is 24.3 Å². The Morgan fingerprint density at radius 1 is 0.933 bits per heavy atom. The molecule has 0 radical (unpaired) electrons. The first kappa shape index (κ1) is 21.0. The molecule has 0 saturated heterocycles. The summed E-state index contributed by atoms with van der Waals surface area (Å²) in [6.07, 6.45) is 0.652. The van der Waals surface area contributed by atoms with E-state index in [-0.39, 0.29) is 5.91 Å². The number of benzene rings is 2. The molecule has 3 rings (SSSR count). The van der Waals surface area contributed by atoms with E-state index in [2.05, 4.69) is 15.5 Å². The lowest BCUT2D eigenvalue weighted by atomic mass is 10.1. The highest BCUT2D eigenvalue weighted by Gasteiger charge is 2.23. The number of nitrogens with one attached hydrogen (secondary N) is 2. The zero-order valence-corrected chi connectivity index (χ0v) is 17.7. The van der Waals surface area contributed by atoms with Gasteiger partial charge in [-0.3, -0.25) is 9.89 Å². The minimum atomic E-state index is -0.359. The first-order valence-corrected chi connectivity index (χ1v) is 9.39. The number of nitrogens with zero attached hydrogens (tertiary/aromatic N) is 1. The topological polar surface area (TPSA) is 94.7 Å². The van der Waals surface area contributed by atoms with Gasteiger partial charge in [-0.25, -0.2) is 0 Å². The number of methoxy groups -OCH3 is 4. The molecule has 0 aliphatic carbocycles. The standard InChI is InChI=1S/C22H25N3O5/c1-6-14-21(23-22(26)19-16(28-3)8-7-9-17(19)29-4)20(25-24-14)13-10-11-15(27-2)18(12-13)30-5/h7-12H,6H2,1-5H3,(H,23,26)(H,24,25). The van der Waals surface area contributed by atoms with E-state index >= 15 is 0 Å². The second-order valence-corrected chi connectivity index (χ2v) is 6.34. The molecular weight excluding hydrogens is 386 g/mol. The molecule has 8 nitrogen and oxygen atoms in total. The Balaban J connectivity index is 2.05. The Morgan fingerprint density at radius 2 is 1.57 bits per heavy atom. The lowest BCUT2D eigenvalue weighted by Gasteiger charge is -2.14. The predicted octanol–water partition coefficient (Wildman–Crippen LogP) is 3.93. The van der Waals surface area contributed by atoms with Crippen LogP contribution in [0.25, 0.3) is 11.3 Å². The van der Waals surface area contributed by atoms with Gasteiger partial charge in [-0.2, -0.15) is 5.10 Å². The number of aromatic nitrogens is 2. The van der Waals surface area contributed by atoms with Crippen molar-refractivity contribution < 1.29 is 23.7 Å². The van der Waals surface area contributed by atoms with Crippen molar-refractivity contribution in [1.29, 1.82) is 0 Å². The summed E-state index contributed by atoms with van der Waals surface area (Å²) in [5, 5.41) is 10.4. The van der Waals surface area contributed by atoms with Crippen LogP contribution in [0.15, 0.2) is 36.4 Å². The molecule has 0 spiro atoms. The van der Waals surface area contributed by atoms with Crippen LogP contribution in [0.2, 0.25) is 0 Å². The summed E-state index contributed by atoms with van der Waals surface area (Å²) >= 11 is 0. The number of H-pyrrole nitrogens is 1. The lowest BCUT2D eigenvalue weighted by Crippen LogP contribution is -2.15. The van der Waals surface area contributed by atoms with Gasteiger partial charge < -0.3 is 24.3 Å². The molecule has 1 aromatic heterocycles. The van der Waals surface area contributed by atoms with Crippen LogP contribution in [0.3, 0.4) is 0 Å². The molecule has 0 saturated carbocycles. The fraction of sp³-hybridized carbons (Fsp3) is 0.273. The van der Waals surface area contributed by atoms with Crippen LogP contribution in [-0.2, 0) is 6.42 Å². The van der Waals surface area contributed by atoms with E-state index < -0.39 is 0 Å². The third-order valence-corrected chi connectivity index (χ3v) is 4.75. The molecule has 1 amide bonds. The van der Waals surface area contributed by atoms with E-state index in [0.717, 1.165) is 11.3 Å². The van der Waals surface area contributed by atoms with E-state index in [9.17, 15) is 4.79 Å². The van der Waals surface area contributed by atoms with Crippen LogP contribution in [0, 0.1) is 0 Å². The van der Waals surface area contributed by atoms with E-state index in [0.29, 0.717) is 46.4 Å². The Bertz CT molecular complexity index is 1020. The second-order valence-electron chi connectivity index (χ2n) is 6.34. The molecule has 2 aromatic carbocycles. The SMILES string of the molecule is CCc1[nH]nc(-c2ccc(OC)c(OC)c2)c1NC(=O)c1c(OC)cccc1OC. The first-order valence-electron chi connectivity index (χ1n) is 9.39. The van der Waals surface area contributed by atoms with Crippen molar-refractivity contribution in [3.63, 3.8) is 0 Å². The molecule has 0 atom stereocenters. The largest absolute Gasteiger partial charge is 0.496 e. The molecule has 0 aliphatic heterocycles. The highest BCUT2D eigenvalue weighted by atomic mass is 16.5. The van der Waals surface area contributed by atoms with E-state index in [4.69, 9.17) is 18.9 Å². The van der Waals surface area contributed by atoms with Gasteiger partial charge in [0.05, 0.1) is 39.8 Å². The number of anilines is 1. The third-order valence-electron chi connectivity index (χ3n) is 4.75. The summed E-state index contributed by atoms with van der Waals surface area (Å²) in [6, 6.07) is 10.7. The Morgan fingerprint density at radius 3 is 2.13 bits per heavy atom. The van der Waals surface area contributed by atoms with Crippen LogP contribution in [0.1, 0.15) is 23.0 Å².